The molecule has 1 fully saturated rings. The smallest absolute Gasteiger partial charge is 0.272 e. The summed E-state index contributed by atoms with van der Waals surface area (Å²) in [5, 5.41) is 7.59. The number of morpholine rings is 1. The summed E-state index contributed by atoms with van der Waals surface area (Å²) in [6, 6.07) is 6.23. The zero-order chi connectivity index (χ0) is 19.7. The van der Waals surface area contributed by atoms with Crippen molar-refractivity contribution in [3.05, 3.63) is 47.0 Å². The first kappa shape index (κ1) is 19.1. The number of nitrogens with one attached hydrogen (secondary N) is 1. The molecule has 0 spiro atoms. The van der Waals surface area contributed by atoms with Crippen molar-refractivity contribution in [1.82, 2.24) is 20.0 Å². The van der Waals surface area contributed by atoms with Crippen LogP contribution in [0.25, 0.3) is 5.69 Å². The second-order valence-corrected chi connectivity index (χ2v) is 7.79. The zero-order valence-corrected chi connectivity index (χ0v) is 16.4. The molecule has 4 rings (SSSR count). The molecule has 0 radical (unpaired) electrons. The summed E-state index contributed by atoms with van der Waals surface area (Å²) in [6.45, 7) is 7.30. The van der Waals surface area contributed by atoms with E-state index in [1.54, 1.807) is 16.8 Å². The Morgan fingerprint density at radius 3 is 2.64 bits per heavy atom. The molecule has 1 aromatic carbocycles. The minimum absolute atomic E-state index is 0.131. The van der Waals surface area contributed by atoms with E-state index in [1.807, 2.05) is 0 Å². The minimum Gasteiger partial charge on any atom is -0.373 e. The average Bonchev–Trinajstić information content (AvgIpc) is 3.24. The number of halogens is 1. The predicted molar refractivity (Wildman–Crippen MR) is 104 cm³/mol. The molecule has 150 valence electrons. The molecule has 1 aromatic heterocycles. The number of ether oxygens (including phenoxy) is 1. The van der Waals surface area contributed by atoms with Gasteiger partial charge in [0.15, 0.2) is 5.69 Å². The Balaban J connectivity index is 1.43. The summed E-state index contributed by atoms with van der Waals surface area (Å²) in [5.41, 5.74) is 3.37. The number of carbonyl (C=O) groups excluding carboxylic acids is 1. The molecular weight excluding hydrogens is 359 g/mol. The fourth-order valence-corrected chi connectivity index (χ4v) is 4.29. The molecule has 0 saturated carbocycles. The SMILES string of the molecule is CC1CN(CCNC(=O)c2nn(-c3ccc(F)cc3)c3c2CCC3)CC(C)O1. The quantitative estimate of drug-likeness (QED) is 0.857. The monoisotopic (exact) mass is 386 g/mol. The minimum atomic E-state index is -0.280. The van der Waals surface area contributed by atoms with Gasteiger partial charge < -0.3 is 10.1 Å². The van der Waals surface area contributed by atoms with Crippen molar-refractivity contribution in [2.75, 3.05) is 26.2 Å². The Hall–Kier alpha value is -2.25. The van der Waals surface area contributed by atoms with Crippen LogP contribution in [0.3, 0.4) is 0 Å². The largest absolute Gasteiger partial charge is 0.373 e. The lowest BCUT2D eigenvalue weighted by atomic mass is 10.2. The summed E-state index contributed by atoms with van der Waals surface area (Å²) in [7, 11) is 0. The molecule has 1 N–H and O–H groups in total. The molecule has 2 heterocycles. The third kappa shape index (κ3) is 3.95. The fraction of sp³-hybridized carbons (Fsp3) is 0.524. The van der Waals surface area contributed by atoms with Crippen LogP contribution in [-0.2, 0) is 17.6 Å². The Kier molecular flexibility index (Phi) is 5.46. The van der Waals surface area contributed by atoms with Crippen molar-refractivity contribution in [2.24, 2.45) is 0 Å². The third-order valence-corrected chi connectivity index (χ3v) is 5.43. The highest BCUT2D eigenvalue weighted by Gasteiger charge is 2.27. The van der Waals surface area contributed by atoms with Crippen LogP contribution in [0.5, 0.6) is 0 Å². The first-order valence-corrected chi connectivity index (χ1v) is 10.0. The van der Waals surface area contributed by atoms with Crippen LogP contribution in [0.15, 0.2) is 24.3 Å². The molecule has 2 aromatic rings. The molecule has 6 nitrogen and oxygen atoms in total. The van der Waals surface area contributed by atoms with Gasteiger partial charge in [0.1, 0.15) is 5.82 Å². The highest BCUT2D eigenvalue weighted by atomic mass is 19.1. The molecule has 2 aliphatic rings. The van der Waals surface area contributed by atoms with Crippen molar-refractivity contribution in [3.8, 4) is 5.69 Å². The van der Waals surface area contributed by atoms with Gasteiger partial charge in [0, 0.05) is 37.4 Å². The first-order valence-electron chi connectivity index (χ1n) is 10.0. The lowest BCUT2D eigenvalue weighted by Gasteiger charge is -2.35. The van der Waals surface area contributed by atoms with E-state index in [0.717, 1.165) is 55.8 Å². The lowest BCUT2D eigenvalue weighted by molar-refractivity contribution is -0.0672. The Bertz CT molecular complexity index is 839. The number of fused-ring (bicyclic) bond motifs is 1. The van der Waals surface area contributed by atoms with Gasteiger partial charge in [0.25, 0.3) is 5.91 Å². The lowest BCUT2D eigenvalue weighted by Crippen LogP contribution is -2.47. The van der Waals surface area contributed by atoms with Gasteiger partial charge in [-0.1, -0.05) is 0 Å². The average molecular weight is 386 g/mol. The topological polar surface area (TPSA) is 59.4 Å². The van der Waals surface area contributed by atoms with E-state index >= 15 is 0 Å². The van der Waals surface area contributed by atoms with Crippen molar-refractivity contribution < 1.29 is 13.9 Å². The van der Waals surface area contributed by atoms with Gasteiger partial charge in [-0.3, -0.25) is 9.69 Å². The van der Waals surface area contributed by atoms with Gasteiger partial charge >= 0.3 is 0 Å². The van der Waals surface area contributed by atoms with Gasteiger partial charge in [0.05, 0.1) is 17.9 Å². The molecule has 28 heavy (non-hydrogen) atoms. The number of aromatic nitrogens is 2. The van der Waals surface area contributed by atoms with E-state index in [0.29, 0.717) is 12.2 Å². The maximum Gasteiger partial charge on any atom is 0.272 e. The van der Waals surface area contributed by atoms with Gasteiger partial charge in [-0.15, -0.1) is 0 Å². The summed E-state index contributed by atoms with van der Waals surface area (Å²) in [6.07, 6.45) is 3.19. The van der Waals surface area contributed by atoms with Gasteiger partial charge in [-0.05, 0) is 57.4 Å². The number of rotatable bonds is 5. The van der Waals surface area contributed by atoms with Crippen LogP contribution >= 0.6 is 0 Å². The number of hydrogen-bond donors (Lipinski definition) is 1. The Morgan fingerprint density at radius 2 is 1.93 bits per heavy atom. The number of nitrogens with zero attached hydrogens (tertiary/aromatic N) is 3. The predicted octanol–water partition coefficient (Wildman–Crippen LogP) is 2.34. The fourth-order valence-electron chi connectivity index (χ4n) is 4.29. The zero-order valence-electron chi connectivity index (χ0n) is 16.4. The van der Waals surface area contributed by atoms with E-state index in [-0.39, 0.29) is 23.9 Å². The molecule has 2 unspecified atom stereocenters. The summed E-state index contributed by atoms with van der Waals surface area (Å²) >= 11 is 0. The normalized spacial score (nSPS) is 22.2. The van der Waals surface area contributed by atoms with Crippen LogP contribution in [0.4, 0.5) is 4.39 Å². The molecule has 2 atom stereocenters. The summed E-state index contributed by atoms with van der Waals surface area (Å²) < 4.78 is 20.8. The van der Waals surface area contributed by atoms with Crippen molar-refractivity contribution in [3.63, 3.8) is 0 Å². The second kappa shape index (κ2) is 8.01. The highest BCUT2D eigenvalue weighted by molar-refractivity contribution is 5.94. The van der Waals surface area contributed by atoms with Gasteiger partial charge in [-0.2, -0.15) is 5.10 Å². The van der Waals surface area contributed by atoms with Gasteiger partial charge in [-0.25, -0.2) is 9.07 Å². The number of benzene rings is 1. The summed E-state index contributed by atoms with van der Waals surface area (Å²) in [5.74, 6) is -0.411. The molecule has 1 aliphatic carbocycles. The van der Waals surface area contributed by atoms with Gasteiger partial charge in [0.2, 0.25) is 0 Å². The van der Waals surface area contributed by atoms with Crippen molar-refractivity contribution >= 4 is 5.91 Å². The highest BCUT2D eigenvalue weighted by Crippen LogP contribution is 2.27. The van der Waals surface area contributed by atoms with Crippen LogP contribution in [0.1, 0.15) is 42.0 Å². The van der Waals surface area contributed by atoms with Crippen molar-refractivity contribution in [1.29, 1.82) is 0 Å². The Morgan fingerprint density at radius 1 is 1.21 bits per heavy atom. The molecular formula is C21H27FN4O2. The van der Waals surface area contributed by atoms with Crippen LogP contribution in [0, 0.1) is 5.82 Å². The standard InChI is InChI=1S/C21H27FN4O2/c1-14-12-25(13-15(2)28-14)11-10-23-21(27)20-18-4-3-5-19(18)26(24-20)17-8-6-16(22)7-9-17/h6-9,14-15H,3-5,10-13H2,1-2H3,(H,23,27). The van der Waals surface area contributed by atoms with Crippen LogP contribution in [0.2, 0.25) is 0 Å². The molecule has 0 bridgehead atoms. The first-order chi connectivity index (χ1) is 13.5. The van der Waals surface area contributed by atoms with Crippen LogP contribution in [-0.4, -0.2) is 59.0 Å². The maximum absolute atomic E-state index is 13.2. The molecule has 1 saturated heterocycles. The van der Waals surface area contributed by atoms with E-state index in [9.17, 15) is 9.18 Å². The number of hydrogen-bond acceptors (Lipinski definition) is 4. The Labute approximate surface area is 164 Å². The van der Waals surface area contributed by atoms with Crippen molar-refractivity contribution in [2.45, 2.75) is 45.3 Å². The van der Waals surface area contributed by atoms with E-state index in [2.05, 4.69) is 29.2 Å². The second-order valence-electron chi connectivity index (χ2n) is 7.79. The maximum atomic E-state index is 13.2. The third-order valence-electron chi connectivity index (χ3n) is 5.43. The molecule has 1 aliphatic heterocycles. The summed E-state index contributed by atoms with van der Waals surface area (Å²) in [4.78, 5) is 15.1. The van der Waals surface area contributed by atoms with E-state index in [4.69, 9.17) is 4.74 Å². The molecule has 1 amide bonds. The number of carbonyl (C=O) groups is 1. The van der Waals surface area contributed by atoms with E-state index < -0.39 is 0 Å². The number of amides is 1. The van der Waals surface area contributed by atoms with E-state index in [1.165, 1.54) is 12.1 Å². The molecule has 7 heteroatoms. The van der Waals surface area contributed by atoms with Crippen LogP contribution < -0.4 is 5.32 Å².